The van der Waals surface area contributed by atoms with Gasteiger partial charge in [-0.1, -0.05) is 35.9 Å². The van der Waals surface area contributed by atoms with Crippen molar-refractivity contribution in [3.05, 3.63) is 64.3 Å². The predicted octanol–water partition coefficient (Wildman–Crippen LogP) is 3.97. The number of benzene rings is 2. The van der Waals surface area contributed by atoms with E-state index in [4.69, 9.17) is 16.3 Å². The van der Waals surface area contributed by atoms with Gasteiger partial charge in [0.25, 0.3) is 11.8 Å². The largest absolute Gasteiger partial charge is 0.496 e. The molecule has 1 saturated heterocycles. The molecule has 2 amide bonds. The van der Waals surface area contributed by atoms with Crippen LogP contribution >= 0.6 is 11.6 Å². The minimum atomic E-state index is -0.361. The highest BCUT2D eigenvalue weighted by atomic mass is 35.5. The second-order valence-electron chi connectivity index (χ2n) is 8.40. The fraction of sp³-hybridized carbons (Fsp3) is 0.360. The van der Waals surface area contributed by atoms with E-state index in [1.54, 1.807) is 31.4 Å². The van der Waals surface area contributed by atoms with Gasteiger partial charge in [0.05, 0.1) is 18.4 Å². The zero-order valence-electron chi connectivity index (χ0n) is 18.9. The highest BCUT2D eigenvalue weighted by molar-refractivity contribution is 6.46. The fourth-order valence-electron chi connectivity index (χ4n) is 4.56. The smallest absolute Gasteiger partial charge is 0.282 e. The van der Waals surface area contributed by atoms with Crippen LogP contribution in [0.4, 0.5) is 5.69 Å². The molecule has 0 spiro atoms. The monoisotopic (exact) mass is 453 g/mol. The summed E-state index contributed by atoms with van der Waals surface area (Å²) in [5.41, 5.74) is 2.59. The molecule has 0 radical (unpaired) electrons. The standard InChI is InChI=1S/C25H28ClN3O3/c1-16-19(26)9-7-10-20(16)29-24(30)22(18-8-5-6-11-21(18)32-4)23(25(29)31)28(3)17-12-14-27(2)15-13-17/h5-11,17H,12-15H2,1-4H3. The summed E-state index contributed by atoms with van der Waals surface area (Å²) in [6.45, 7) is 3.72. The average molecular weight is 454 g/mol. The number of hydrogen-bond donors (Lipinski definition) is 0. The summed E-state index contributed by atoms with van der Waals surface area (Å²) < 4.78 is 5.55. The van der Waals surface area contributed by atoms with E-state index in [1.807, 2.05) is 37.1 Å². The maximum atomic E-state index is 13.8. The molecule has 1 fully saturated rings. The van der Waals surface area contributed by atoms with Crippen molar-refractivity contribution in [2.75, 3.05) is 39.2 Å². The van der Waals surface area contributed by atoms with E-state index in [1.165, 1.54) is 4.90 Å². The van der Waals surface area contributed by atoms with Crippen LogP contribution in [-0.4, -0.2) is 62.0 Å². The Kier molecular flexibility index (Phi) is 6.26. The molecule has 32 heavy (non-hydrogen) atoms. The van der Waals surface area contributed by atoms with Crippen LogP contribution in [0.3, 0.4) is 0 Å². The van der Waals surface area contributed by atoms with Crippen LogP contribution in [0.25, 0.3) is 5.57 Å². The Labute approximate surface area is 194 Å². The van der Waals surface area contributed by atoms with Gasteiger partial charge in [-0.2, -0.15) is 0 Å². The van der Waals surface area contributed by atoms with Crippen LogP contribution < -0.4 is 9.64 Å². The van der Waals surface area contributed by atoms with Crippen molar-refractivity contribution >= 4 is 34.7 Å². The third-order valence-corrected chi connectivity index (χ3v) is 6.91. The summed E-state index contributed by atoms with van der Waals surface area (Å²) in [6, 6.07) is 12.8. The number of likely N-dealkylation sites (tertiary alicyclic amines) is 1. The maximum Gasteiger partial charge on any atom is 0.282 e. The van der Waals surface area contributed by atoms with Gasteiger partial charge in [0.15, 0.2) is 0 Å². The van der Waals surface area contributed by atoms with Crippen molar-refractivity contribution in [1.29, 1.82) is 0 Å². The molecule has 2 aromatic rings. The van der Waals surface area contributed by atoms with E-state index in [0.717, 1.165) is 25.9 Å². The Morgan fingerprint density at radius 2 is 1.72 bits per heavy atom. The zero-order valence-corrected chi connectivity index (χ0v) is 19.6. The lowest BCUT2D eigenvalue weighted by atomic mass is 9.99. The molecule has 2 aliphatic rings. The van der Waals surface area contributed by atoms with E-state index >= 15 is 0 Å². The number of amides is 2. The van der Waals surface area contributed by atoms with Crippen LogP contribution in [0.5, 0.6) is 5.75 Å². The summed E-state index contributed by atoms with van der Waals surface area (Å²) in [5.74, 6) is -0.134. The van der Waals surface area contributed by atoms with Gasteiger partial charge in [-0.15, -0.1) is 0 Å². The van der Waals surface area contributed by atoms with Crippen molar-refractivity contribution < 1.29 is 14.3 Å². The van der Waals surface area contributed by atoms with Crippen molar-refractivity contribution in [2.45, 2.75) is 25.8 Å². The number of nitrogens with zero attached hydrogens (tertiary/aromatic N) is 3. The third kappa shape index (κ3) is 3.78. The van der Waals surface area contributed by atoms with Crippen molar-refractivity contribution in [3.8, 4) is 5.75 Å². The van der Waals surface area contributed by atoms with Crippen LogP contribution in [-0.2, 0) is 9.59 Å². The normalized spacial score (nSPS) is 18.0. The number of rotatable bonds is 5. The van der Waals surface area contributed by atoms with Crippen molar-refractivity contribution in [3.63, 3.8) is 0 Å². The molecule has 0 atom stereocenters. The number of anilines is 1. The first-order valence-corrected chi connectivity index (χ1v) is 11.2. The average Bonchev–Trinajstić information content (AvgIpc) is 3.05. The van der Waals surface area contributed by atoms with E-state index in [9.17, 15) is 9.59 Å². The number of likely N-dealkylation sites (N-methyl/N-ethyl adjacent to an activating group) is 1. The molecule has 0 saturated carbocycles. The van der Waals surface area contributed by atoms with Gasteiger partial charge in [0, 0.05) is 23.7 Å². The second kappa shape index (κ2) is 8.96. The molecule has 168 valence electrons. The lowest BCUT2D eigenvalue weighted by Crippen LogP contribution is -2.43. The van der Waals surface area contributed by atoms with E-state index in [-0.39, 0.29) is 17.9 Å². The second-order valence-corrected chi connectivity index (χ2v) is 8.81. The molecule has 2 aliphatic heterocycles. The van der Waals surface area contributed by atoms with Gasteiger partial charge in [-0.25, -0.2) is 4.90 Å². The van der Waals surface area contributed by atoms with Gasteiger partial charge in [-0.3, -0.25) is 9.59 Å². The first-order valence-electron chi connectivity index (χ1n) is 10.8. The van der Waals surface area contributed by atoms with Crippen LogP contribution in [0, 0.1) is 6.92 Å². The van der Waals surface area contributed by atoms with Crippen LogP contribution in [0.15, 0.2) is 48.2 Å². The minimum absolute atomic E-state index is 0.170. The lowest BCUT2D eigenvalue weighted by Gasteiger charge is -2.36. The van der Waals surface area contributed by atoms with Crippen LogP contribution in [0.2, 0.25) is 5.02 Å². The Hall–Kier alpha value is -2.83. The van der Waals surface area contributed by atoms with Crippen molar-refractivity contribution in [1.82, 2.24) is 9.80 Å². The topological polar surface area (TPSA) is 53.1 Å². The van der Waals surface area contributed by atoms with E-state index in [2.05, 4.69) is 11.9 Å². The molecule has 4 rings (SSSR count). The highest BCUT2D eigenvalue weighted by Gasteiger charge is 2.44. The summed E-state index contributed by atoms with van der Waals surface area (Å²) in [6.07, 6.45) is 1.85. The quantitative estimate of drug-likeness (QED) is 0.641. The SMILES string of the molecule is COc1ccccc1C1=C(N(C)C2CCN(C)CC2)C(=O)N(c2cccc(Cl)c2C)C1=O. The molecule has 0 unspecified atom stereocenters. The number of piperidine rings is 1. The molecule has 6 nitrogen and oxygen atoms in total. The van der Waals surface area contributed by atoms with Gasteiger partial charge < -0.3 is 14.5 Å². The number of ether oxygens (including phenoxy) is 1. The number of carbonyl (C=O) groups is 2. The molecular weight excluding hydrogens is 426 g/mol. The Bertz CT molecular complexity index is 1090. The number of hydrogen-bond acceptors (Lipinski definition) is 5. The first-order chi connectivity index (χ1) is 15.3. The Morgan fingerprint density at radius 1 is 1.03 bits per heavy atom. The summed E-state index contributed by atoms with van der Waals surface area (Å²) in [4.78, 5) is 33.2. The molecular formula is C25H28ClN3O3. The lowest BCUT2D eigenvalue weighted by molar-refractivity contribution is -0.120. The Morgan fingerprint density at radius 3 is 2.41 bits per heavy atom. The van der Waals surface area contributed by atoms with Gasteiger partial charge in [0.1, 0.15) is 11.4 Å². The first kappa shape index (κ1) is 22.4. The number of imide groups is 1. The zero-order chi connectivity index (χ0) is 23.0. The number of methoxy groups -OCH3 is 1. The molecule has 0 aromatic heterocycles. The molecule has 2 heterocycles. The highest BCUT2D eigenvalue weighted by Crippen LogP contribution is 2.40. The van der Waals surface area contributed by atoms with Gasteiger partial charge in [0.2, 0.25) is 0 Å². The van der Waals surface area contributed by atoms with Crippen molar-refractivity contribution in [2.24, 2.45) is 0 Å². The maximum absolute atomic E-state index is 13.8. The van der Waals surface area contributed by atoms with Crippen LogP contribution in [0.1, 0.15) is 24.0 Å². The number of carbonyl (C=O) groups excluding carboxylic acids is 2. The molecule has 0 N–H and O–H groups in total. The summed E-state index contributed by atoms with van der Waals surface area (Å²) >= 11 is 6.33. The number of para-hydroxylation sites is 1. The van der Waals surface area contributed by atoms with Gasteiger partial charge >= 0.3 is 0 Å². The summed E-state index contributed by atoms with van der Waals surface area (Å²) in [7, 11) is 5.59. The molecule has 2 aromatic carbocycles. The fourth-order valence-corrected chi connectivity index (χ4v) is 4.73. The number of halogens is 1. The predicted molar refractivity (Wildman–Crippen MR) is 127 cm³/mol. The molecule has 7 heteroatoms. The summed E-state index contributed by atoms with van der Waals surface area (Å²) in [5, 5.41) is 0.513. The third-order valence-electron chi connectivity index (χ3n) is 6.50. The minimum Gasteiger partial charge on any atom is -0.496 e. The van der Waals surface area contributed by atoms with Gasteiger partial charge in [-0.05, 0) is 63.7 Å². The molecule has 0 bridgehead atoms. The van der Waals surface area contributed by atoms with E-state index in [0.29, 0.717) is 38.9 Å². The van der Waals surface area contributed by atoms with E-state index < -0.39 is 0 Å². The molecule has 0 aliphatic carbocycles. The Balaban J connectivity index is 1.85.